The molecule has 0 saturated heterocycles. The maximum absolute atomic E-state index is 12.2. The Balaban J connectivity index is 1.49. The Kier molecular flexibility index (Phi) is 10.8. The number of amides is 3. The predicted octanol–water partition coefficient (Wildman–Crippen LogP) is 0.801. The Hall–Kier alpha value is -3.60. The van der Waals surface area contributed by atoms with E-state index in [1.165, 1.54) is 13.2 Å². The van der Waals surface area contributed by atoms with Gasteiger partial charge in [-0.3, -0.25) is 19.2 Å². The minimum absolute atomic E-state index is 0.163. The molecular weight excluding hydrogens is 480 g/mol. The lowest BCUT2D eigenvalue weighted by Gasteiger charge is -2.13. The van der Waals surface area contributed by atoms with Crippen LogP contribution in [0.4, 0.5) is 0 Å². The molecule has 1 atom stereocenters. The van der Waals surface area contributed by atoms with Crippen LogP contribution in [-0.4, -0.2) is 68.7 Å². The Morgan fingerprint density at radius 2 is 1.59 bits per heavy atom. The van der Waals surface area contributed by atoms with E-state index in [9.17, 15) is 19.2 Å². The molecule has 2 fully saturated rings. The number of unbranched alkanes of at least 4 members (excludes halogenated alkanes) is 1. The quantitative estimate of drug-likeness (QED) is 0.143. The molecule has 5 N–H and O–H groups in total. The predicted molar refractivity (Wildman–Crippen MR) is 136 cm³/mol. The molecule has 2 aliphatic rings. The monoisotopic (exact) mass is 516 g/mol. The van der Waals surface area contributed by atoms with E-state index in [0.717, 1.165) is 25.7 Å². The van der Waals surface area contributed by atoms with Crippen LogP contribution in [0.15, 0.2) is 24.3 Å². The summed E-state index contributed by atoms with van der Waals surface area (Å²) >= 11 is 0. The first-order chi connectivity index (χ1) is 17.8. The summed E-state index contributed by atoms with van der Waals surface area (Å²) in [6.07, 6.45) is 8.74. The highest BCUT2D eigenvalue weighted by atomic mass is 16.5. The summed E-state index contributed by atoms with van der Waals surface area (Å²) in [6.45, 7) is 0.0922. The number of esters is 1. The van der Waals surface area contributed by atoms with Crippen molar-refractivity contribution in [3.8, 4) is 11.5 Å². The minimum atomic E-state index is -0.656. The highest BCUT2D eigenvalue weighted by Crippen LogP contribution is 2.29. The normalized spacial score (nSPS) is 15.5. The van der Waals surface area contributed by atoms with Crippen molar-refractivity contribution in [2.45, 2.75) is 63.1 Å². The summed E-state index contributed by atoms with van der Waals surface area (Å²) in [4.78, 5) is 47.5. The number of rotatable bonds is 16. The standard InChI is InChI=1S/C26H36N4O7/c1-35-26(34)20(27)4-2-3-13-28-23(31)12-6-17-5-11-21(36-15-24(32)29-18-7-8-18)22(14-17)37-16-25(33)30-19-9-10-19/h5-6,11-12,14,18-20H,2-4,7-10,13,15-16,27H2,1H3,(H,28,31)(H,29,32)(H,30,33)/b12-6+. The van der Waals surface area contributed by atoms with Crippen molar-refractivity contribution < 1.29 is 33.4 Å². The second-order valence-electron chi connectivity index (χ2n) is 9.22. The fourth-order valence-corrected chi connectivity index (χ4v) is 3.34. The van der Waals surface area contributed by atoms with Crippen molar-refractivity contribution in [2.24, 2.45) is 5.73 Å². The van der Waals surface area contributed by atoms with Crippen LogP contribution in [0.2, 0.25) is 0 Å². The van der Waals surface area contributed by atoms with Crippen LogP contribution < -0.4 is 31.2 Å². The van der Waals surface area contributed by atoms with Gasteiger partial charge in [-0.1, -0.05) is 6.07 Å². The summed E-state index contributed by atoms with van der Waals surface area (Å²) in [7, 11) is 1.30. The highest BCUT2D eigenvalue weighted by Gasteiger charge is 2.24. The minimum Gasteiger partial charge on any atom is -0.480 e. The molecule has 1 aromatic carbocycles. The summed E-state index contributed by atoms with van der Waals surface area (Å²) < 4.78 is 15.9. The number of benzene rings is 1. The molecule has 0 bridgehead atoms. The first-order valence-electron chi connectivity index (χ1n) is 12.6. The largest absolute Gasteiger partial charge is 0.480 e. The number of ether oxygens (including phenoxy) is 3. The SMILES string of the molecule is COC(=O)C(N)CCCCNC(=O)/C=C/c1ccc(OCC(=O)NC2CC2)c(OCC(=O)NC2CC2)c1. The van der Waals surface area contributed by atoms with Crippen LogP contribution in [0, 0.1) is 0 Å². The fraction of sp³-hybridized carbons (Fsp3) is 0.538. The van der Waals surface area contributed by atoms with Gasteiger partial charge in [-0.25, -0.2) is 0 Å². The van der Waals surface area contributed by atoms with Gasteiger partial charge in [0.1, 0.15) is 6.04 Å². The smallest absolute Gasteiger partial charge is 0.322 e. The van der Waals surface area contributed by atoms with Crippen molar-refractivity contribution in [3.05, 3.63) is 29.8 Å². The lowest BCUT2D eigenvalue weighted by Crippen LogP contribution is -2.31. The Labute approximate surface area is 216 Å². The number of nitrogens with one attached hydrogen (secondary N) is 3. The van der Waals surface area contributed by atoms with Gasteiger partial charge in [-0.05, 0) is 68.7 Å². The summed E-state index contributed by atoms with van der Waals surface area (Å²) in [5.41, 5.74) is 6.35. The molecule has 1 aromatic rings. The lowest BCUT2D eigenvalue weighted by atomic mass is 10.1. The molecule has 2 saturated carbocycles. The molecule has 3 rings (SSSR count). The molecule has 3 amide bonds. The molecule has 11 heteroatoms. The zero-order chi connectivity index (χ0) is 26.6. The maximum Gasteiger partial charge on any atom is 0.322 e. The van der Waals surface area contributed by atoms with E-state index in [2.05, 4.69) is 20.7 Å². The Bertz CT molecular complexity index is 989. The van der Waals surface area contributed by atoms with Gasteiger partial charge in [-0.2, -0.15) is 0 Å². The third-order valence-corrected chi connectivity index (χ3v) is 5.74. The van der Waals surface area contributed by atoms with Gasteiger partial charge in [0.2, 0.25) is 5.91 Å². The van der Waals surface area contributed by atoms with Crippen LogP contribution in [0.25, 0.3) is 6.08 Å². The van der Waals surface area contributed by atoms with Crippen molar-refractivity contribution in [1.29, 1.82) is 0 Å². The average molecular weight is 517 g/mol. The lowest BCUT2D eigenvalue weighted by molar-refractivity contribution is -0.142. The van der Waals surface area contributed by atoms with Crippen molar-refractivity contribution in [2.75, 3.05) is 26.9 Å². The summed E-state index contributed by atoms with van der Waals surface area (Å²) in [5, 5.41) is 8.48. The number of methoxy groups -OCH3 is 1. The molecule has 2 aliphatic carbocycles. The molecule has 0 heterocycles. The van der Waals surface area contributed by atoms with Gasteiger partial charge in [-0.15, -0.1) is 0 Å². The van der Waals surface area contributed by atoms with Crippen molar-refractivity contribution >= 4 is 29.8 Å². The fourth-order valence-electron chi connectivity index (χ4n) is 3.34. The van der Waals surface area contributed by atoms with Gasteiger partial charge < -0.3 is 35.9 Å². The average Bonchev–Trinajstić information content (AvgIpc) is 3.82. The Morgan fingerprint density at radius 3 is 2.19 bits per heavy atom. The van der Waals surface area contributed by atoms with E-state index < -0.39 is 12.0 Å². The molecule has 37 heavy (non-hydrogen) atoms. The summed E-state index contributed by atoms with van der Waals surface area (Å²) in [5.74, 6) is -0.537. The van der Waals surface area contributed by atoms with Gasteiger partial charge >= 0.3 is 5.97 Å². The molecule has 1 unspecified atom stereocenters. The van der Waals surface area contributed by atoms with Gasteiger partial charge in [0.25, 0.3) is 11.8 Å². The molecule has 11 nitrogen and oxygen atoms in total. The number of nitrogens with two attached hydrogens (primary N) is 1. The third kappa shape index (κ3) is 10.9. The van der Waals surface area contributed by atoms with Crippen molar-refractivity contribution in [3.63, 3.8) is 0 Å². The zero-order valence-corrected chi connectivity index (χ0v) is 21.1. The molecule has 0 aromatic heterocycles. The molecule has 202 valence electrons. The third-order valence-electron chi connectivity index (χ3n) is 5.74. The van der Waals surface area contributed by atoms with E-state index in [1.54, 1.807) is 24.3 Å². The van der Waals surface area contributed by atoms with Gasteiger partial charge in [0.15, 0.2) is 24.7 Å². The van der Waals surface area contributed by atoms with Crippen LogP contribution in [-0.2, 0) is 23.9 Å². The highest BCUT2D eigenvalue weighted by molar-refractivity contribution is 5.91. The van der Waals surface area contributed by atoms with E-state index in [4.69, 9.17) is 15.2 Å². The number of carbonyl (C=O) groups is 4. The zero-order valence-electron chi connectivity index (χ0n) is 21.1. The van der Waals surface area contributed by atoms with E-state index in [1.807, 2.05) is 0 Å². The molecule has 0 radical (unpaired) electrons. The summed E-state index contributed by atoms with van der Waals surface area (Å²) in [6, 6.07) is 4.81. The van der Waals surface area contributed by atoms with Crippen LogP contribution in [0.3, 0.4) is 0 Å². The maximum atomic E-state index is 12.2. The molecular formula is C26H36N4O7. The second kappa shape index (κ2) is 14.2. The van der Waals surface area contributed by atoms with Gasteiger partial charge in [0.05, 0.1) is 7.11 Å². The van der Waals surface area contributed by atoms with E-state index in [-0.39, 0.29) is 43.0 Å². The van der Waals surface area contributed by atoms with Crippen LogP contribution in [0.5, 0.6) is 11.5 Å². The molecule has 0 aliphatic heterocycles. The van der Waals surface area contributed by atoms with Crippen LogP contribution in [0.1, 0.15) is 50.5 Å². The van der Waals surface area contributed by atoms with Crippen LogP contribution >= 0.6 is 0 Å². The van der Waals surface area contributed by atoms with E-state index in [0.29, 0.717) is 42.9 Å². The van der Waals surface area contributed by atoms with E-state index >= 15 is 0 Å². The molecule has 0 spiro atoms. The van der Waals surface area contributed by atoms with Crippen molar-refractivity contribution in [1.82, 2.24) is 16.0 Å². The number of carbonyl (C=O) groups excluding carboxylic acids is 4. The number of hydrogen-bond donors (Lipinski definition) is 4. The topological polar surface area (TPSA) is 158 Å². The first-order valence-corrected chi connectivity index (χ1v) is 12.6. The number of hydrogen-bond acceptors (Lipinski definition) is 8. The Morgan fingerprint density at radius 1 is 0.973 bits per heavy atom. The second-order valence-corrected chi connectivity index (χ2v) is 9.22. The van der Waals surface area contributed by atoms with Gasteiger partial charge in [0, 0.05) is 24.7 Å². The first kappa shape index (κ1) is 28.0.